The van der Waals surface area contributed by atoms with Gasteiger partial charge in [-0.3, -0.25) is 30.6 Å². The summed E-state index contributed by atoms with van der Waals surface area (Å²) in [5.41, 5.74) is 8.29. The first-order valence-corrected chi connectivity index (χ1v) is 12.2. The number of carbonyl (C=O) groups is 3. The second-order valence-corrected chi connectivity index (χ2v) is 9.77. The average molecular weight is 531 g/mol. The minimum atomic E-state index is -0.467. The van der Waals surface area contributed by atoms with Crippen molar-refractivity contribution in [1.29, 1.82) is 0 Å². The van der Waals surface area contributed by atoms with Gasteiger partial charge in [0.1, 0.15) is 5.75 Å². The lowest BCUT2D eigenvalue weighted by atomic mass is 9.87. The van der Waals surface area contributed by atoms with E-state index in [-0.39, 0.29) is 16.4 Å². The molecule has 3 aromatic rings. The molecule has 0 fully saturated rings. The van der Waals surface area contributed by atoms with Crippen LogP contribution in [0.15, 0.2) is 78.9 Å². The number of carbonyl (C=O) groups excluding carboxylic acids is 3. The fraction of sp³-hybridized carbons (Fsp3) is 0.172. The standard InChI is InChI=1S/C29H30N4O4S/c1-29(2,3)22-12-8-20(9-13-22)26(35)30-23-14-10-21(11-15-23)27(36)32-33-28(38)31-25(34)18-7-19-5-16-24(37-4)17-6-19/h5-18H,1-4H3,(H,30,35)(H,32,36)(H2,31,33,34,38). The highest BCUT2D eigenvalue weighted by Crippen LogP contribution is 2.22. The highest BCUT2D eigenvalue weighted by molar-refractivity contribution is 7.80. The van der Waals surface area contributed by atoms with Crippen molar-refractivity contribution < 1.29 is 19.1 Å². The lowest BCUT2D eigenvalue weighted by Crippen LogP contribution is -2.48. The maximum absolute atomic E-state index is 12.6. The summed E-state index contributed by atoms with van der Waals surface area (Å²) in [4.78, 5) is 37.0. The van der Waals surface area contributed by atoms with Crippen molar-refractivity contribution in [2.45, 2.75) is 26.2 Å². The Morgan fingerprint density at radius 3 is 1.95 bits per heavy atom. The molecular formula is C29H30N4O4S. The van der Waals surface area contributed by atoms with Gasteiger partial charge in [-0.05, 0) is 83.4 Å². The number of amides is 3. The van der Waals surface area contributed by atoms with Crippen LogP contribution in [0.1, 0.15) is 52.6 Å². The first-order valence-electron chi connectivity index (χ1n) is 11.8. The molecule has 0 aliphatic rings. The molecule has 0 bridgehead atoms. The Bertz CT molecular complexity index is 1330. The molecule has 0 aliphatic carbocycles. The number of hydrogen-bond acceptors (Lipinski definition) is 5. The minimum absolute atomic E-state index is 0.00446. The molecule has 0 aromatic heterocycles. The van der Waals surface area contributed by atoms with Crippen LogP contribution in [0, 0.1) is 0 Å². The summed E-state index contributed by atoms with van der Waals surface area (Å²) in [6.07, 6.45) is 2.95. The monoisotopic (exact) mass is 530 g/mol. The number of anilines is 1. The third-order valence-electron chi connectivity index (χ3n) is 5.49. The lowest BCUT2D eigenvalue weighted by Gasteiger charge is -2.19. The van der Waals surface area contributed by atoms with Gasteiger partial charge in [-0.25, -0.2) is 0 Å². The number of hydrogen-bond donors (Lipinski definition) is 4. The molecule has 4 N–H and O–H groups in total. The summed E-state index contributed by atoms with van der Waals surface area (Å²) in [6.45, 7) is 6.34. The number of ether oxygens (including phenoxy) is 1. The minimum Gasteiger partial charge on any atom is -0.497 e. The Labute approximate surface area is 227 Å². The molecule has 3 amide bonds. The van der Waals surface area contributed by atoms with Gasteiger partial charge in [-0.1, -0.05) is 45.0 Å². The maximum Gasteiger partial charge on any atom is 0.269 e. The Balaban J connectivity index is 1.45. The quantitative estimate of drug-likeness (QED) is 0.211. The van der Waals surface area contributed by atoms with Crippen molar-refractivity contribution in [2.75, 3.05) is 12.4 Å². The molecule has 3 aromatic carbocycles. The van der Waals surface area contributed by atoms with Crippen molar-refractivity contribution in [2.24, 2.45) is 0 Å². The third kappa shape index (κ3) is 8.28. The van der Waals surface area contributed by atoms with Crippen molar-refractivity contribution in [1.82, 2.24) is 16.2 Å². The van der Waals surface area contributed by atoms with E-state index in [1.54, 1.807) is 73.8 Å². The van der Waals surface area contributed by atoms with Gasteiger partial charge < -0.3 is 10.1 Å². The predicted molar refractivity (Wildman–Crippen MR) is 153 cm³/mol. The fourth-order valence-corrected chi connectivity index (χ4v) is 3.44. The molecule has 0 saturated carbocycles. The number of benzene rings is 3. The molecule has 3 rings (SSSR count). The van der Waals surface area contributed by atoms with Gasteiger partial charge in [-0.2, -0.15) is 0 Å². The highest BCUT2D eigenvalue weighted by Gasteiger charge is 2.14. The molecule has 38 heavy (non-hydrogen) atoms. The number of methoxy groups -OCH3 is 1. The molecule has 0 radical (unpaired) electrons. The normalized spacial score (nSPS) is 10.9. The summed E-state index contributed by atoms with van der Waals surface area (Å²) in [7, 11) is 1.58. The first-order chi connectivity index (χ1) is 18.0. The van der Waals surface area contributed by atoms with Crippen LogP contribution in [0.5, 0.6) is 5.75 Å². The van der Waals surface area contributed by atoms with Crippen LogP contribution in [0.4, 0.5) is 5.69 Å². The maximum atomic E-state index is 12.6. The fourth-order valence-electron chi connectivity index (χ4n) is 3.29. The van der Waals surface area contributed by atoms with Crippen molar-refractivity contribution in [3.8, 4) is 5.75 Å². The zero-order chi connectivity index (χ0) is 27.7. The van der Waals surface area contributed by atoms with Crippen LogP contribution >= 0.6 is 12.2 Å². The van der Waals surface area contributed by atoms with E-state index in [1.807, 2.05) is 12.1 Å². The second-order valence-electron chi connectivity index (χ2n) is 9.36. The Kier molecular flexibility index (Phi) is 9.34. The summed E-state index contributed by atoms with van der Waals surface area (Å²) < 4.78 is 5.10. The molecule has 196 valence electrons. The van der Waals surface area contributed by atoms with Crippen LogP contribution in [0.3, 0.4) is 0 Å². The van der Waals surface area contributed by atoms with Crippen molar-refractivity contribution in [3.63, 3.8) is 0 Å². The van der Waals surface area contributed by atoms with E-state index in [4.69, 9.17) is 17.0 Å². The van der Waals surface area contributed by atoms with Crippen LogP contribution in [0.2, 0.25) is 0 Å². The molecule has 8 nitrogen and oxygen atoms in total. The van der Waals surface area contributed by atoms with E-state index in [0.717, 1.165) is 11.1 Å². The van der Waals surface area contributed by atoms with Gasteiger partial charge in [0.25, 0.3) is 11.8 Å². The number of hydrazine groups is 1. The van der Waals surface area contributed by atoms with Crippen LogP contribution in [0.25, 0.3) is 6.08 Å². The second kappa shape index (κ2) is 12.6. The summed E-state index contributed by atoms with van der Waals surface area (Å²) >= 11 is 5.05. The molecule has 0 saturated heterocycles. The zero-order valence-electron chi connectivity index (χ0n) is 21.6. The number of nitrogens with one attached hydrogen (secondary N) is 4. The molecule has 0 spiro atoms. The van der Waals surface area contributed by atoms with Gasteiger partial charge in [0, 0.05) is 22.9 Å². The molecular weight excluding hydrogens is 500 g/mol. The number of thiocarbonyl (C=S) groups is 1. The SMILES string of the molecule is COc1ccc(C=CC(=O)NC(=S)NNC(=O)c2ccc(NC(=O)c3ccc(C(C)(C)C)cc3)cc2)cc1. The average Bonchev–Trinajstić information content (AvgIpc) is 2.91. The van der Waals surface area contributed by atoms with E-state index < -0.39 is 11.8 Å². The largest absolute Gasteiger partial charge is 0.497 e. The third-order valence-corrected chi connectivity index (χ3v) is 5.69. The molecule has 9 heteroatoms. The van der Waals surface area contributed by atoms with Crippen LogP contribution in [-0.2, 0) is 10.2 Å². The van der Waals surface area contributed by atoms with Crippen molar-refractivity contribution >= 4 is 46.8 Å². The highest BCUT2D eigenvalue weighted by atomic mass is 32.1. The summed E-state index contributed by atoms with van der Waals surface area (Å²) in [6, 6.07) is 21.0. The lowest BCUT2D eigenvalue weighted by molar-refractivity contribution is -0.115. The van der Waals surface area contributed by atoms with E-state index in [9.17, 15) is 14.4 Å². The topological polar surface area (TPSA) is 109 Å². The van der Waals surface area contributed by atoms with E-state index in [2.05, 4.69) is 42.3 Å². The Hall–Kier alpha value is -4.50. The van der Waals surface area contributed by atoms with Gasteiger partial charge in [0.15, 0.2) is 5.11 Å². The van der Waals surface area contributed by atoms with Crippen molar-refractivity contribution in [3.05, 3.63) is 101 Å². The molecule has 0 unspecified atom stereocenters. The molecule has 0 atom stereocenters. The van der Waals surface area contributed by atoms with Gasteiger partial charge in [-0.15, -0.1) is 0 Å². The van der Waals surface area contributed by atoms with Crippen LogP contribution in [-0.4, -0.2) is 29.9 Å². The summed E-state index contributed by atoms with van der Waals surface area (Å²) in [5.74, 6) is -0.452. The van der Waals surface area contributed by atoms with Gasteiger partial charge >= 0.3 is 0 Å². The first kappa shape index (κ1) is 28.1. The van der Waals surface area contributed by atoms with Gasteiger partial charge in [0.2, 0.25) is 5.91 Å². The van der Waals surface area contributed by atoms with E-state index in [0.29, 0.717) is 22.6 Å². The van der Waals surface area contributed by atoms with E-state index in [1.165, 1.54) is 6.08 Å². The molecule has 0 heterocycles. The Morgan fingerprint density at radius 2 is 1.37 bits per heavy atom. The van der Waals surface area contributed by atoms with Gasteiger partial charge in [0.05, 0.1) is 7.11 Å². The Morgan fingerprint density at radius 1 is 0.789 bits per heavy atom. The predicted octanol–water partition coefficient (Wildman–Crippen LogP) is 4.59. The zero-order valence-corrected chi connectivity index (χ0v) is 22.4. The summed E-state index contributed by atoms with van der Waals surface area (Å²) in [5, 5.41) is 5.20. The van der Waals surface area contributed by atoms with Crippen LogP contribution < -0.4 is 26.2 Å². The molecule has 0 aliphatic heterocycles. The van der Waals surface area contributed by atoms with E-state index >= 15 is 0 Å². The smallest absolute Gasteiger partial charge is 0.269 e. The number of rotatable bonds is 6.